The van der Waals surface area contributed by atoms with Gasteiger partial charge in [0, 0.05) is 11.1 Å². The number of anilines is 2. The highest BCUT2D eigenvalue weighted by Crippen LogP contribution is 2.41. The predicted molar refractivity (Wildman–Crippen MR) is 167 cm³/mol. The molecule has 0 radical (unpaired) electrons. The maximum Gasteiger partial charge on any atom is 0.268 e. The zero-order valence-electron chi connectivity index (χ0n) is 26.5. The Morgan fingerprint density at radius 2 is 0.833 bits per heavy atom. The number of rotatable bonds is 6. The van der Waals surface area contributed by atoms with Crippen LogP contribution in [0.15, 0.2) is 36.4 Å². The first-order chi connectivity index (χ1) is 22.9. The lowest BCUT2D eigenvalue weighted by Gasteiger charge is -2.18. The van der Waals surface area contributed by atoms with Crippen LogP contribution in [0.1, 0.15) is 90.6 Å². The third-order valence-electron chi connectivity index (χ3n) is 8.77. The van der Waals surface area contributed by atoms with Gasteiger partial charge < -0.3 is 14.2 Å². The number of hydrogen-bond donors (Lipinski definition) is 0. The van der Waals surface area contributed by atoms with Crippen LogP contribution in [-0.2, 0) is 0 Å². The standard InChI is InChI=1S/C34H25N5O9/c1-13-7-18-19(8-14(13)2)30(43)38(29(18)42)33-35-28(25-26(40)16-10-23(47-5)24(48-6)11-17(16)27(25)41)36-34(37-33)39-31(44)20-9-15(3)22(46-4)12-21(20)32(39)45/h7-12,25H,1-6H3. The van der Waals surface area contributed by atoms with Crippen molar-refractivity contribution in [3.8, 4) is 17.2 Å². The number of imide groups is 2. The maximum atomic E-state index is 13.8. The van der Waals surface area contributed by atoms with Crippen molar-refractivity contribution in [2.24, 2.45) is 0 Å². The van der Waals surface area contributed by atoms with E-state index >= 15 is 0 Å². The molecule has 0 saturated carbocycles. The molecule has 7 rings (SSSR count). The summed E-state index contributed by atoms with van der Waals surface area (Å²) in [6, 6.07) is 8.72. The first-order valence-corrected chi connectivity index (χ1v) is 14.6. The maximum absolute atomic E-state index is 13.8. The molecule has 14 heteroatoms. The van der Waals surface area contributed by atoms with Crippen LogP contribution in [0.2, 0.25) is 0 Å². The molecule has 0 atom stereocenters. The van der Waals surface area contributed by atoms with Gasteiger partial charge in [-0.05, 0) is 73.9 Å². The van der Waals surface area contributed by atoms with Crippen molar-refractivity contribution >= 4 is 47.1 Å². The summed E-state index contributed by atoms with van der Waals surface area (Å²) in [7, 11) is 4.16. The zero-order chi connectivity index (χ0) is 34.3. The molecule has 1 aromatic heterocycles. The number of Topliss-reactive ketones (excluding diaryl/α,β-unsaturated/α-hetero) is 2. The number of nitrogens with zero attached hydrogens (tertiary/aromatic N) is 5. The normalized spacial score (nSPS) is 15.4. The van der Waals surface area contributed by atoms with Gasteiger partial charge in [-0.15, -0.1) is 0 Å². The fraction of sp³-hybridized carbons (Fsp3) is 0.206. The molecule has 0 spiro atoms. The lowest BCUT2D eigenvalue weighted by atomic mass is 10.0. The highest BCUT2D eigenvalue weighted by Gasteiger charge is 2.47. The highest BCUT2D eigenvalue weighted by atomic mass is 16.5. The van der Waals surface area contributed by atoms with Gasteiger partial charge in [-0.2, -0.15) is 15.0 Å². The van der Waals surface area contributed by atoms with Crippen LogP contribution in [0.4, 0.5) is 11.9 Å². The summed E-state index contributed by atoms with van der Waals surface area (Å²) in [6.45, 7) is 5.27. The van der Waals surface area contributed by atoms with E-state index in [1.807, 2.05) is 0 Å². The van der Waals surface area contributed by atoms with Crippen molar-refractivity contribution in [2.45, 2.75) is 26.7 Å². The van der Waals surface area contributed by atoms with Crippen LogP contribution in [-0.4, -0.2) is 71.5 Å². The zero-order valence-corrected chi connectivity index (χ0v) is 26.5. The van der Waals surface area contributed by atoms with E-state index in [4.69, 9.17) is 14.2 Å². The van der Waals surface area contributed by atoms with Crippen LogP contribution >= 0.6 is 0 Å². The van der Waals surface area contributed by atoms with Gasteiger partial charge in [-0.25, -0.2) is 9.80 Å². The minimum atomic E-state index is -1.67. The van der Waals surface area contributed by atoms with E-state index in [9.17, 15) is 28.8 Å². The molecule has 0 saturated heterocycles. The summed E-state index contributed by atoms with van der Waals surface area (Å²) in [6.07, 6.45) is 0. The molecule has 0 N–H and O–H groups in total. The molecule has 2 aliphatic heterocycles. The molecule has 48 heavy (non-hydrogen) atoms. The molecule has 0 fully saturated rings. The van der Waals surface area contributed by atoms with Crippen molar-refractivity contribution < 1.29 is 43.0 Å². The molecule has 0 bridgehead atoms. The van der Waals surface area contributed by atoms with E-state index in [1.54, 1.807) is 32.9 Å². The Balaban J connectivity index is 1.41. The monoisotopic (exact) mass is 647 g/mol. The SMILES string of the molecule is COc1cc2c(cc1C)C(=O)N(c1nc(C3C(=O)c4cc(OC)c(OC)cc4C3=O)nc(N3C(=O)c4cc(C)c(C)cc4C3=O)n1)C2=O. The minimum Gasteiger partial charge on any atom is -0.496 e. The number of hydrogen-bond acceptors (Lipinski definition) is 12. The van der Waals surface area contributed by atoms with Crippen molar-refractivity contribution in [3.05, 3.63) is 92.3 Å². The largest absolute Gasteiger partial charge is 0.496 e. The lowest BCUT2D eigenvalue weighted by Crippen LogP contribution is -2.36. The average molecular weight is 648 g/mol. The van der Waals surface area contributed by atoms with Gasteiger partial charge in [0.15, 0.2) is 28.9 Å². The summed E-state index contributed by atoms with van der Waals surface area (Å²) in [5, 5.41) is 0. The third-order valence-corrected chi connectivity index (χ3v) is 8.77. The van der Waals surface area contributed by atoms with Crippen molar-refractivity contribution in [1.82, 2.24) is 15.0 Å². The number of benzene rings is 3. The number of carbonyl (C=O) groups excluding carboxylic acids is 6. The second kappa shape index (κ2) is 10.6. The van der Waals surface area contributed by atoms with Gasteiger partial charge in [0.2, 0.25) is 11.9 Å². The van der Waals surface area contributed by atoms with E-state index in [0.29, 0.717) is 21.1 Å². The topological polar surface area (TPSA) is 175 Å². The number of carbonyl (C=O) groups is 6. The fourth-order valence-electron chi connectivity index (χ4n) is 6.11. The Morgan fingerprint density at radius 3 is 1.23 bits per heavy atom. The Labute approximate surface area is 272 Å². The van der Waals surface area contributed by atoms with E-state index in [2.05, 4.69) is 15.0 Å². The Kier molecular flexibility index (Phi) is 6.71. The van der Waals surface area contributed by atoms with Gasteiger partial charge in [0.25, 0.3) is 23.6 Å². The van der Waals surface area contributed by atoms with Crippen LogP contribution < -0.4 is 24.0 Å². The van der Waals surface area contributed by atoms with Crippen LogP contribution in [0, 0.1) is 20.8 Å². The van der Waals surface area contributed by atoms with Gasteiger partial charge in [-0.1, -0.05) is 0 Å². The van der Waals surface area contributed by atoms with Crippen molar-refractivity contribution in [1.29, 1.82) is 0 Å². The number of ketones is 2. The Bertz CT molecular complexity index is 2140. The molecule has 240 valence electrons. The molecule has 4 aromatic rings. The molecular formula is C34H25N5O9. The fourth-order valence-corrected chi connectivity index (χ4v) is 6.11. The average Bonchev–Trinajstić information content (AvgIpc) is 3.56. The van der Waals surface area contributed by atoms with Crippen molar-refractivity contribution in [2.75, 3.05) is 31.1 Å². The molecular weight excluding hydrogens is 622 g/mol. The van der Waals surface area contributed by atoms with E-state index in [0.717, 1.165) is 11.1 Å². The summed E-state index contributed by atoms with van der Waals surface area (Å²) in [5.74, 6) is -7.17. The van der Waals surface area contributed by atoms with Crippen LogP contribution in [0.3, 0.4) is 0 Å². The molecule has 3 heterocycles. The molecule has 14 nitrogen and oxygen atoms in total. The number of aryl methyl sites for hydroxylation is 3. The van der Waals surface area contributed by atoms with E-state index in [1.165, 1.54) is 45.6 Å². The molecule has 4 amide bonds. The second-order valence-corrected chi connectivity index (χ2v) is 11.4. The first-order valence-electron chi connectivity index (χ1n) is 14.6. The van der Waals surface area contributed by atoms with Crippen LogP contribution in [0.5, 0.6) is 17.2 Å². The number of aromatic nitrogens is 3. The summed E-state index contributed by atoms with van der Waals surface area (Å²) in [4.78, 5) is 96.6. The molecule has 3 aliphatic rings. The number of ether oxygens (including phenoxy) is 3. The van der Waals surface area contributed by atoms with Gasteiger partial charge in [0.1, 0.15) is 11.7 Å². The first kappa shape index (κ1) is 30.3. The Morgan fingerprint density at radius 1 is 0.479 bits per heavy atom. The molecule has 0 unspecified atom stereocenters. The summed E-state index contributed by atoms with van der Waals surface area (Å²) < 4.78 is 15.9. The third kappa shape index (κ3) is 4.15. The number of methoxy groups -OCH3 is 3. The van der Waals surface area contributed by atoms with Crippen LogP contribution in [0.25, 0.3) is 0 Å². The smallest absolute Gasteiger partial charge is 0.268 e. The number of amides is 4. The summed E-state index contributed by atoms with van der Waals surface area (Å²) >= 11 is 0. The minimum absolute atomic E-state index is 0.00106. The van der Waals surface area contributed by atoms with Gasteiger partial charge >= 0.3 is 0 Å². The van der Waals surface area contributed by atoms with Gasteiger partial charge in [-0.3, -0.25) is 28.8 Å². The molecule has 3 aromatic carbocycles. The predicted octanol–water partition coefficient (Wildman–Crippen LogP) is 3.59. The molecule has 1 aliphatic carbocycles. The highest BCUT2D eigenvalue weighted by molar-refractivity contribution is 6.35. The van der Waals surface area contributed by atoms with Gasteiger partial charge in [0.05, 0.1) is 43.6 Å². The van der Waals surface area contributed by atoms with E-state index < -0.39 is 58.8 Å². The van der Waals surface area contributed by atoms with Crippen molar-refractivity contribution in [3.63, 3.8) is 0 Å². The second-order valence-electron chi connectivity index (χ2n) is 11.4. The Hall–Kier alpha value is -6.31. The number of fused-ring (bicyclic) bond motifs is 3. The lowest BCUT2D eigenvalue weighted by molar-refractivity contribution is 0.0881. The summed E-state index contributed by atoms with van der Waals surface area (Å²) in [5.41, 5.74) is 2.32. The quantitative estimate of drug-likeness (QED) is 0.220. The van der Waals surface area contributed by atoms with E-state index in [-0.39, 0.29) is 44.9 Å².